The van der Waals surface area contributed by atoms with Gasteiger partial charge in [0.05, 0.1) is 17.6 Å². The molecule has 0 atom stereocenters. The number of benzene rings is 1. The van der Waals surface area contributed by atoms with Crippen LogP contribution in [0.3, 0.4) is 0 Å². The number of carboxylic acids is 1. The number of halogens is 1. The van der Waals surface area contributed by atoms with Crippen molar-refractivity contribution in [2.24, 2.45) is 5.41 Å². The van der Waals surface area contributed by atoms with Gasteiger partial charge in [0.15, 0.2) is 0 Å². The van der Waals surface area contributed by atoms with Crippen LogP contribution < -0.4 is 10.1 Å². The Morgan fingerprint density at radius 1 is 1.30 bits per heavy atom. The topological polar surface area (TPSA) is 84.9 Å². The number of carbonyl (C=O) groups excluding carboxylic acids is 1. The van der Waals surface area contributed by atoms with Crippen LogP contribution in [0.1, 0.15) is 30.6 Å². The third-order valence-electron chi connectivity index (χ3n) is 3.35. The Bertz CT molecular complexity index is 559. The number of nitrogens with one attached hydrogen (secondary N) is 1. The number of ether oxygens (including phenoxy) is 2. The molecule has 0 spiro atoms. The van der Waals surface area contributed by atoms with Crippen LogP contribution in [0.15, 0.2) is 18.2 Å². The van der Waals surface area contributed by atoms with Gasteiger partial charge in [-0.25, -0.2) is 0 Å². The lowest BCUT2D eigenvalue weighted by Gasteiger charge is -2.19. The second-order valence-corrected chi connectivity index (χ2v) is 6.11. The van der Waals surface area contributed by atoms with E-state index < -0.39 is 11.4 Å². The summed E-state index contributed by atoms with van der Waals surface area (Å²) in [6.45, 7) is 4.17. The highest BCUT2D eigenvalue weighted by molar-refractivity contribution is 6.31. The van der Waals surface area contributed by atoms with Crippen molar-refractivity contribution in [2.75, 3.05) is 26.9 Å². The van der Waals surface area contributed by atoms with Crippen molar-refractivity contribution in [1.29, 1.82) is 0 Å². The summed E-state index contributed by atoms with van der Waals surface area (Å²) < 4.78 is 10.4. The molecule has 0 saturated carbocycles. The smallest absolute Gasteiger partial charge is 0.309 e. The third-order valence-corrected chi connectivity index (χ3v) is 3.58. The van der Waals surface area contributed by atoms with Crippen LogP contribution in [0.5, 0.6) is 5.75 Å². The predicted molar refractivity (Wildman–Crippen MR) is 87.2 cm³/mol. The summed E-state index contributed by atoms with van der Waals surface area (Å²) in [6, 6.07) is 4.77. The molecule has 0 unspecified atom stereocenters. The number of aliphatic carboxylic acids is 1. The third kappa shape index (κ3) is 6.08. The maximum atomic E-state index is 12.3. The van der Waals surface area contributed by atoms with Crippen molar-refractivity contribution in [1.82, 2.24) is 5.32 Å². The van der Waals surface area contributed by atoms with E-state index in [1.165, 1.54) is 6.07 Å². The van der Waals surface area contributed by atoms with Crippen molar-refractivity contribution in [3.63, 3.8) is 0 Å². The minimum atomic E-state index is -0.905. The van der Waals surface area contributed by atoms with E-state index in [-0.39, 0.29) is 12.5 Å². The number of amides is 1. The molecule has 0 heterocycles. The molecular weight excluding hydrogens is 322 g/mol. The average Bonchev–Trinajstić information content (AvgIpc) is 2.48. The molecule has 0 aromatic heterocycles. The van der Waals surface area contributed by atoms with Crippen molar-refractivity contribution < 1.29 is 24.2 Å². The quantitative estimate of drug-likeness (QED) is 0.673. The highest BCUT2D eigenvalue weighted by Crippen LogP contribution is 2.23. The molecule has 0 aliphatic carbocycles. The van der Waals surface area contributed by atoms with Crippen molar-refractivity contribution in [2.45, 2.75) is 20.3 Å². The molecule has 1 aromatic carbocycles. The molecule has 1 amide bonds. The van der Waals surface area contributed by atoms with Crippen LogP contribution in [-0.2, 0) is 9.53 Å². The molecular formula is C16H22ClNO5. The van der Waals surface area contributed by atoms with E-state index in [1.54, 1.807) is 33.1 Å². The van der Waals surface area contributed by atoms with Crippen LogP contribution in [0, 0.1) is 5.41 Å². The molecule has 1 rings (SSSR count). The highest BCUT2D eigenvalue weighted by atomic mass is 35.5. The van der Waals surface area contributed by atoms with E-state index in [0.717, 1.165) is 0 Å². The Balaban J connectivity index is 2.71. The fraction of sp³-hybridized carbons (Fsp3) is 0.500. The second kappa shape index (κ2) is 8.74. The molecule has 1 aromatic rings. The maximum absolute atomic E-state index is 12.3. The number of carboxylic acid groups (broad SMARTS) is 1. The first-order valence-corrected chi connectivity index (χ1v) is 7.58. The van der Waals surface area contributed by atoms with Gasteiger partial charge in [-0.1, -0.05) is 11.6 Å². The van der Waals surface area contributed by atoms with Crippen molar-refractivity contribution >= 4 is 23.5 Å². The molecule has 0 fully saturated rings. The summed E-state index contributed by atoms with van der Waals surface area (Å²) in [5.74, 6) is -0.861. The summed E-state index contributed by atoms with van der Waals surface area (Å²) in [7, 11) is 1.56. The zero-order valence-electron chi connectivity index (χ0n) is 13.5. The van der Waals surface area contributed by atoms with Crippen molar-refractivity contribution in [3.05, 3.63) is 28.8 Å². The van der Waals surface area contributed by atoms with Crippen molar-refractivity contribution in [3.8, 4) is 5.75 Å². The number of rotatable bonds is 9. The Morgan fingerprint density at radius 3 is 2.61 bits per heavy atom. The van der Waals surface area contributed by atoms with Gasteiger partial charge in [0, 0.05) is 18.7 Å². The lowest BCUT2D eigenvalue weighted by Crippen LogP contribution is -2.32. The van der Waals surface area contributed by atoms with Gasteiger partial charge in [0.2, 0.25) is 0 Å². The molecule has 0 saturated heterocycles. The van der Waals surface area contributed by atoms with Gasteiger partial charge < -0.3 is 19.9 Å². The molecule has 0 aliphatic heterocycles. The first-order valence-electron chi connectivity index (χ1n) is 7.21. The Morgan fingerprint density at radius 2 is 2.00 bits per heavy atom. The predicted octanol–water partition coefficient (Wildman–Crippen LogP) is 2.60. The second-order valence-electron chi connectivity index (χ2n) is 5.68. The molecule has 23 heavy (non-hydrogen) atoms. The zero-order valence-corrected chi connectivity index (χ0v) is 14.3. The first-order chi connectivity index (χ1) is 10.8. The fourth-order valence-electron chi connectivity index (χ4n) is 1.73. The van der Waals surface area contributed by atoms with E-state index in [9.17, 15) is 9.59 Å². The monoisotopic (exact) mass is 343 g/mol. The molecule has 0 radical (unpaired) electrons. The van der Waals surface area contributed by atoms with Crippen LogP contribution in [0.25, 0.3) is 0 Å². The van der Waals surface area contributed by atoms with Crippen LogP contribution >= 0.6 is 11.6 Å². The van der Waals surface area contributed by atoms with Gasteiger partial charge in [-0.3, -0.25) is 9.59 Å². The summed E-state index contributed by atoms with van der Waals surface area (Å²) in [5, 5.41) is 12.2. The van der Waals surface area contributed by atoms with E-state index in [2.05, 4.69) is 5.32 Å². The van der Waals surface area contributed by atoms with Crippen LogP contribution in [0.2, 0.25) is 5.02 Å². The van der Waals surface area contributed by atoms with Crippen LogP contribution in [-0.4, -0.2) is 43.9 Å². The normalized spacial score (nSPS) is 11.1. The van der Waals surface area contributed by atoms with E-state index >= 15 is 0 Å². The van der Waals surface area contributed by atoms with Gasteiger partial charge in [-0.05, 0) is 38.5 Å². The lowest BCUT2D eigenvalue weighted by atomic mass is 9.90. The summed E-state index contributed by atoms with van der Waals surface area (Å²) in [5.41, 5.74) is -0.596. The van der Waals surface area contributed by atoms with E-state index in [0.29, 0.717) is 36.0 Å². The van der Waals surface area contributed by atoms with Crippen LogP contribution in [0.4, 0.5) is 0 Å². The Kier molecular flexibility index (Phi) is 7.32. The Hall–Kier alpha value is -1.79. The molecule has 128 valence electrons. The zero-order chi connectivity index (χ0) is 17.5. The SMILES string of the molecule is COCCOc1ccc(Cl)cc1C(=O)NCCC(C)(C)C(=O)O. The standard InChI is InChI=1S/C16H22ClNO5/c1-16(2,15(20)21)6-7-18-14(19)12-10-11(17)4-5-13(12)23-9-8-22-3/h4-5,10H,6-9H2,1-3H3,(H,18,19)(H,20,21). The molecule has 7 heteroatoms. The molecule has 0 bridgehead atoms. The summed E-state index contributed by atoms with van der Waals surface area (Å²) in [4.78, 5) is 23.3. The number of methoxy groups -OCH3 is 1. The lowest BCUT2D eigenvalue weighted by molar-refractivity contribution is -0.147. The molecule has 2 N–H and O–H groups in total. The summed E-state index contributed by atoms with van der Waals surface area (Å²) in [6.07, 6.45) is 0.314. The highest BCUT2D eigenvalue weighted by Gasteiger charge is 2.26. The minimum absolute atomic E-state index is 0.238. The fourth-order valence-corrected chi connectivity index (χ4v) is 1.90. The van der Waals surface area contributed by atoms with Gasteiger partial charge in [-0.2, -0.15) is 0 Å². The largest absolute Gasteiger partial charge is 0.490 e. The van der Waals surface area contributed by atoms with E-state index in [4.69, 9.17) is 26.2 Å². The maximum Gasteiger partial charge on any atom is 0.309 e. The number of hydrogen-bond donors (Lipinski definition) is 2. The average molecular weight is 344 g/mol. The minimum Gasteiger partial charge on any atom is -0.490 e. The first kappa shape index (κ1) is 19.3. The number of hydrogen-bond acceptors (Lipinski definition) is 4. The number of carbonyl (C=O) groups is 2. The van der Waals surface area contributed by atoms with Gasteiger partial charge >= 0.3 is 5.97 Å². The van der Waals surface area contributed by atoms with Gasteiger partial charge in [0.25, 0.3) is 5.91 Å². The molecule has 6 nitrogen and oxygen atoms in total. The van der Waals surface area contributed by atoms with E-state index in [1.807, 2.05) is 0 Å². The van der Waals surface area contributed by atoms with Gasteiger partial charge in [0.1, 0.15) is 12.4 Å². The van der Waals surface area contributed by atoms with Gasteiger partial charge in [-0.15, -0.1) is 0 Å². The summed E-state index contributed by atoms with van der Waals surface area (Å²) >= 11 is 5.93. The molecule has 0 aliphatic rings. The Labute approximate surface area is 140 Å².